The SMILES string of the molecule is COCCn1nnnc1[C@H](c1ccccc1)N1CCN(c2ccccc2F)CC1. The van der Waals surface area contributed by atoms with Crippen molar-refractivity contribution in [1.29, 1.82) is 0 Å². The minimum atomic E-state index is -0.177. The highest BCUT2D eigenvalue weighted by Crippen LogP contribution is 2.29. The van der Waals surface area contributed by atoms with Crippen molar-refractivity contribution in [3.05, 3.63) is 71.8 Å². The Labute approximate surface area is 169 Å². The van der Waals surface area contributed by atoms with Gasteiger partial charge in [0.25, 0.3) is 0 Å². The van der Waals surface area contributed by atoms with Gasteiger partial charge in [-0.15, -0.1) is 5.10 Å². The number of tetrazole rings is 1. The summed E-state index contributed by atoms with van der Waals surface area (Å²) in [5.74, 6) is 0.622. The van der Waals surface area contributed by atoms with Crippen molar-refractivity contribution < 1.29 is 9.13 Å². The highest BCUT2D eigenvalue weighted by atomic mass is 19.1. The van der Waals surface area contributed by atoms with Crippen molar-refractivity contribution in [2.75, 3.05) is 44.8 Å². The molecule has 1 aliphatic heterocycles. The van der Waals surface area contributed by atoms with E-state index in [1.165, 1.54) is 6.07 Å². The van der Waals surface area contributed by atoms with E-state index in [1.54, 1.807) is 13.2 Å². The highest BCUT2D eigenvalue weighted by molar-refractivity contribution is 5.48. The molecule has 8 heteroatoms. The van der Waals surface area contributed by atoms with Crippen LogP contribution in [0.25, 0.3) is 0 Å². The van der Waals surface area contributed by atoms with Gasteiger partial charge >= 0.3 is 0 Å². The van der Waals surface area contributed by atoms with Crippen LogP contribution in [0.5, 0.6) is 0 Å². The quantitative estimate of drug-likeness (QED) is 0.611. The molecule has 0 aliphatic carbocycles. The van der Waals surface area contributed by atoms with E-state index in [1.807, 2.05) is 35.0 Å². The summed E-state index contributed by atoms with van der Waals surface area (Å²) in [6.07, 6.45) is 0. The second-order valence-electron chi connectivity index (χ2n) is 7.04. The fraction of sp³-hybridized carbons (Fsp3) is 0.381. The molecule has 2 aromatic carbocycles. The summed E-state index contributed by atoms with van der Waals surface area (Å²) < 4.78 is 21.2. The van der Waals surface area contributed by atoms with E-state index in [0.29, 0.717) is 18.8 Å². The molecule has 1 fully saturated rings. The monoisotopic (exact) mass is 396 g/mol. The van der Waals surface area contributed by atoms with Crippen molar-refractivity contribution in [2.24, 2.45) is 0 Å². The Morgan fingerprint density at radius 2 is 1.72 bits per heavy atom. The fourth-order valence-electron chi connectivity index (χ4n) is 3.83. The summed E-state index contributed by atoms with van der Waals surface area (Å²) in [4.78, 5) is 4.46. The van der Waals surface area contributed by atoms with E-state index in [2.05, 4.69) is 37.5 Å². The van der Waals surface area contributed by atoms with E-state index >= 15 is 0 Å². The number of benzene rings is 2. The maximum Gasteiger partial charge on any atom is 0.173 e. The van der Waals surface area contributed by atoms with Gasteiger partial charge in [-0.2, -0.15) is 0 Å². The molecule has 4 rings (SSSR count). The molecule has 2 heterocycles. The zero-order valence-corrected chi connectivity index (χ0v) is 16.5. The summed E-state index contributed by atoms with van der Waals surface area (Å²) in [5.41, 5.74) is 1.80. The summed E-state index contributed by atoms with van der Waals surface area (Å²) in [7, 11) is 1.67. The predicted octanol–water partition coefficient (Wildman–Crippen LogP) is 2.37. The molecule has 0 amide bonds. The second-order valence-corrected chi connectivity index (χ2v) is 7.04. The van der Waals surface area contributed by atoms with Gasteiger partial charge in [0.2, 0.25) is 0 Å². The van der Waals surface area contributed by atoms with Crippen LogP contribution in [0.15, 0.2) is 54.6 Å². The smallest absolute Gasteiger partial charge is 0.173 e. The third-order valence-electron chi connectivity index (χ3n) is 5.30. The molecule has 0 unspecified atom stereocenters. The molecular formula is C21H25FN6O. The Bertz CT molecular complexity index is 910. The average Bonchev–Trinajstić information content (AvgIpc) is 3.22. The Morgan fingerprint density at radius 3 is 2.45 bits per heavy atom. The molecule has 0 radical (unpaired) electrons. The molecule has 0 bridgehead atoms. The number of halogens is 1. The molecule has 3 aromatic rings. The molecule has 0 spiro atoms. The minimum absolute atomic E-state index is 0.0640. The molecule has 0 N–H and O–H groups in total. The van der Waals surface area contributed by atoms with Gasteiger partial charge in [0.1, 0.15) is 5.82 Å². The second kappa shape index (κ2) is 9.11. The summed E-state index contributed by atoms with van der Waals surface area (Å²) >= 11 is 0. The van der Waals surface area contributed by atoms with E-state index in [0.717, 1.165) is 37.6 Å². The maximum atomic E-state index is 14.2. The maximum absolute atomic E-state index is 14.2. The van der Waals surface area contributed by atoms with E-state index < -0.39 is 0 Å². The van der Waals surface area contributed by atoms with Crippen LogP contribution in [0.1, 0.15) is 17.4 Å². The average molecular weight is 396 g/mol. The number of hydrogen-bond donors (Lipinski definition) is 0. The molecule has 152 valence electrons. The molecule has 1 aliphatic rings. The number of hydrogen-bond acceptors (Lipinski definition) is 6. The first-order chi connectivity index (χ1) is 14.3. The number of aromatic nitrogens is 4. The van der Waals surface area contributed by atoms with Crippen LogP contribution in [-0.2, 0) is 11.3 Å². The predicted molar refractivity (Wildman–Crippen MR) is 108 cm³/mol. The molecule has 1 atom stereocenters. The van der Waals surface area contributed by atoms with Crippen LogP contribution in [0.4, 0.5) is 10.1 Å². The fourth-order valence-corrected chi connectivity index (χ4v) is 3.83. The normalized spacial score (nSPS) is 16.1. The lowest BCUT2D eigenvalue weighted by atomic mass is 10.0. The number of anilines is 1. The zero-order chi connectivity index (χ0) is 20.1. The van der Waals surface area contributed by atoms with Gasteiger partial charge in [-0.05, 0) is 28.1 Å². The van der Waals surface area contributed by atoms with Crippen molar-refractivity contribution >= 4 is 5.69 Å². The van der Waals surface area contributed by atoms with Gasteiger partial charge < -0.3 is 9.64 Å². The van der Waals surface area contributed by atoms with Crippen molar-refractivity contribution in [2.45, 2.75) is 12.6 Å². The van der Waals surface area contributed by atoms with Gasteiger partial charge in [0.05, 0.1) is 24.9 Å². The Hall–Kier alpha value is -2.84. The lowest BCUT2D eigenvalue weighted by Crippen LogP contribution is -2.48. The van der Waals surface area contributed by atoms with Gasteiger partial charge in [0, 0.05) is 33.3 Å². The van der Waals surface area contributed by atoms with Gasteiger partial charge in [-0.25, -0.2) is 9.07 Å². The summed E-state index contributed by atoms with van der Waals surface area (Å²) in [6.45, 7) is 4.18. The third kappa shape index (κ3) is 4.28. The first-order valence-electron chi connectivity index (χ1n) is 9.81. The molecule has 1 saturated heterocycles. The lowest BCUT2D eigenvalue weighted by molar-refractivity contribution is 0.171. The van der Waals surface area contributed by atoms with Crippen LogP contribution in [-0.4, -0.2) is 65.0 Å². The van der Waals surface area contributed by atoms with Gasteiger partial charge in [-0.3, -0.25) is 4.90 Å². The Morgan fingerprint density at radius 1 is 1.00 bits per heavy atom. The minimum Gasteiger partial charge on any atom is -0.383 e. The Kier molecular flexibility index (Phi) is 6.12. The van der Waals surface area contributed by atoms with Crippen LogP contribution in [0, 0.1) is 5.82 Å². The largest absolute Gasteiger partial charge is 0.383 e. The number of nitrogens with zero attached hydrogens (tertiary/aromatic N) is 6. The number of methoxy groups -OCH3 is 1. The zero-order valence-electron chi connectivity index (χ0n) is 16.5. The highest BCUT2D eigenvalue weighted by Gasteiger charge is 2.31. The molecule has 29 heavy (non-hydrogen) atoms. The van der Waals surface area contributed by atoms with Crippen molar-refractivity contribution in [3.63, 3.8) is 0 Å². The van der Waals surface area contributed by atoms with Crippen LogP contribution in [0.3, 0.4) is 0 Å². The first-order valence-corrected chi connectivity index (χ1v) is 9.81. The van der Waals surface area contributed by atoms with Gasteiger partial charge in [0.15, 0.2) is 5.82 Å². The standard InChI is InChI=1S/C21H25FN6O/c1-29-16-15-28-21(23-24-25-28)20(17-7-3-2-4-8-17)27-13-11-26(12-14-27)19-10-6-5-9-18(19)22/h2-10,20H,11-16H2,1H3/t20-/m0/s1. The number of para-hydroxylation sites is 1. The van der Waals surface area contributed by atoms with Crippen molar-refractivity contribution in [3.8, 4) is 0 Å². The summed E-state index contributed by atoms with van der Waals surface area (Å²) in [5, 5.41) is 12.4. The molecular weight excluding hydrogens is 371 g/mol. The number of rotatable bonds is 7. The lowest BCUT2D eigenvalue weighted by Gasteiger charge is -2.40. The van der Waals surface area contributed by atoms with Gasteiger partial charge in [-0.1, -0.05) is 42.5 Å². The Balaban J connectivity index is 1.57. The van der Waals surface area contributed by atoms with E-state index in [4.69, 9.17) is 4.74 Å². The topological polar surface area (TPSA) is 59.3 Å². The molecule has 1 aromatic heterocycles. The van der Waals surface area contributed by atoms with Crippen LogP contribution in [0.2, 0.25) is 0 Å². The molecule has 7 nitrogen and oxygen atoms in total. The first kappa shape index (κ1) is 19.5. The van der Waals surface area contributed by atoms with E-state index in [9.17, 15) is 4.39 Å². The number of ether oxygens (including phenoxy) is 1. The third-order valence-corrected chi connectivity index (χ3v) is 5.30. The molecule has 0 saturated carbocycles. The summed E-state index contributed by atoms with van der Waals surface area (Å²) in [6, 6.07) is 17.1. The van der Waals surface area contributed by atoms with Crippen LogP contribution >= 0.6 is 0 Å². The van der Waals surface area contributed by atoms with E-state index in [-0.39, 0.29) is 11.9 Å². The van der Waals surface area contributed by atoms with Crippen LogP contribution < -0.4 is 4.90 Å². The number of piperazine rings is 1. The van der Waals surface area contributed by atoms with Crippen molar-refractivity contribution in [1.82, 2.24) is 25.1 Å².